The van der Waals surface area contributed by atoms with Crippen LogP contribution in [0.25, 0.3) is 0 Å². The molecule has 1 atom stereocenters. The maximum absolute atomic E-state index is 13.0. The number of hydrogen-bond acceptors (Lipinski definition) is 5. The molecule has 5 rings (SSSR count). The highest BCUT2D eigenvalue weighted by atomic mass is 32.2. The molecule has 1 fully saturated rings. The van der Waals surface area contributed by atoms with Crippen molar-refractivity contribution in [3.05, 3.63) is 101 Å². The van der Waals surface area contributed by atoms with Crippen LogP contribution in [0.4, 0.5) is 0 Å². The van der Waals surface area contributed by atoms with E-state index in [2.05, 4.69) is 53.6 Å². The van der Waals surface area contributed by atoms with Gasteiger partial charge in [-0.15, -0.1) is 0 Å². The summed E-state index contributed by atoms with van der Waals surface area (Å²) in [6, 6.07) is 25.4. The zero-order valence-electron chi connectivity index (χ0n) is 18.0. The normalized spacial score (nSPS) is 19.7. The van der Waals surface area contributed by atoms with Crippen LogP contribution in [-0.2, 0) is 10.0 Å². The Morgan fingerprint density at radius 3 is 2.22 bits per heavy atom. The highest BCUT2D eigenvalue weighted by Gasteiger charge is 2.34. The second-order valence-electron chi connectivity index (χ2n) is 8.20. The molecule has 0 aromatic heterocycles. The molecule has 0 spiro atoms. The van der Waals surface area contributed by atoms with E-state index in [1.807, 2.05) is 18.2 Å². The number of rotatable bonds is 4. The van der Waals surface area contributed by atoms with Crippen molar-refractivity contribution in [1.29, 1.82) is 0 Å². The van der Waals surface area contributed by atoms with E-state index in [0.29, 0.717) is 31.1 Å². The van der Waals surface area contributed by atoms with Gasteiger partial charge in [0.2, 0.25) is 10.0 Å². The molecule has 2 aliphatic heterocycles. The van der Waals surface area contributed by atoms with Gasteiger partial charge < -0.3 is 0 Å². The van der Waals surface area contributed by atoms with Crippen LogP contribution in [0.2, 0.25) is 0 Å². The lowest BCUT2D eigenvalue weighted by Crippen LogP contribution is -2.52. The Labute approximate surface area is 189 Å². The van der Waals surface area contributed by atoms with Crippen molar-refractivity contribution in [3.8, 4) is 0 Å². The van der Waals surface area contributed by atoms with Crippen LogP contribution in [0.15, 0.2) is 88.9 Å². The summed E-state index contributed by atoms with van der Waals surface area (Å²) in [5, 5.41) is 4.74. The van der Waals surface area contributed by atoms with Crippen LogP contribution in [0.5, 0.6) is 0 Å². The molecule has 1 N–H and O–H groups in total. The summed E-state index contributed by atoms with van der Waals surface area (Å²) in [7, 11) is -3.47. The third kappa shape index (κ3) is 3.83. The molecule has 164 valence electrons. The maximum atomic E-state index is 13.0. The smallest absolute Gasteiger partial charge is 0.243 e. The molecule has 3 aromatic rings. The molecule has 0 radical (unpaired) electrons. The molecule has 1 unspecified atom stereocenters. The van der Waals surface area contributed by atoms with Gasteiger partial charge in [0.15, 0.2) is 0 Å². The minimum absolute atomic E-state index is 0.0815. The van der Waals surface area contributed by atoms with Crippen molar-refractivity contribution in [2.24, 2.45) is 5.10 Å². The molecule has 1 saturated heterocycles. The standard InChI is InChI=1S/C25H26N4O2S/c1-19-11-13-20(14-12-19)24-22-9-5-6-10-23(22)25(27-26-24)28-15-17-29(18-16-28)32(30,31)21-7-3-2-4-8-21/h2-14,25,27H,15-18H2,1H3. The number of hydrogen-bond donors (Lipinski definition) is 1. The Bertz CT molecular complexity index is 1230. The topological polar surface area (TPSA) is 65.0 Å². The van der Waals surface area contributed by atoms with Crippen molar-refractivity contribution in [2.75, 3.05) is 26.2 Å². The van der Waals surface area contributed by atoms with Crippen LogP contribution in [0.3, 0.4) is 0 Å². The quantitative estimate of drug-likeness (QED) is 0.668. The molecule has 2 heterocycles. The fourth-order valence-corrected chi connectivity index (χ4v) is 5.80. The molecule has 6 nitrogen and oxygen atoms in total. The zero-order chi connectivity index (χ0) is 22.1. The second kappa shape index (κ2) is 8.50. The van der Waals surface area contributed by atoms with Crippen molar-refractivity contribution < 1.29 is 8.42 Å². The van der Waals surface area contributed by atoms with E-state index in [1.165, 1.54) is 5.56 Å². The summed E-state index contributed by atoms with van der Waals surface area (Å²) in [6.07, 6.45) is -0.0815. The fraction of sp³-hybridized carbons (Fsp3) is 0.240. The molecule has 0 saturated carbocycles. The lowest BCUT2D eigenvalue weighted by atomic mass is 9.94. The first-order chi connectivity index (χ1) is 15.5. The van der Waals surface area contributed by atoms with E-state index in [-0.39, 0.29) is 6.17 Å². The largest absolute Gasteiger partial charge is 0.288 e. The summed E-state index contributed by atoms with van der Waals surface area (Å²) in [6.45, 7) is 4.24. The Balaban J connectivity index is 1.35. The number of sulfonamides is 1. The summed E-state index contributed by atoms with van der Waals surface area (Å²) < 4.78 is 27.5. The first-order valence-corrected chi connectivity index (χ1v) is 12.3. The fourth-order valence-electron chi connectivity index (χ4n) is 4.36. The lowest BCUT2D eigenvalue weighted by Gasteiger charge is -2.40. The summed E-state index contributed by atoms with van der Waals surface area (Å²) in [5.74, 6) is 0. The van der Waals surface area contributed by atoms with Crippen LogP contribution < -0.4 is 5.43 Å². The molecule has 3 aromatic carbocycles. The summed E-state index contributed by atoms with van der Waals surface area (Å²) >= 11 is 0. The molecule has 2 aliphatic rings. The minimum Gasteiger partial charge on any atom is -0.288 e. The molecule has 0 amide bonds. The maximum Gasteiger partial charge on any atom is 0.243 e. The van der Waals surface area contributed by atoms with Gasteiger partial charge in [0.05, 0.1) is 10.6 Å². The van der Waals surface area contributed by atoms with Crippen molar-refractivity contribution in [1.82, 2.24) is 14.6 Å². The number of nitrogens with one attached hydrogen (secondary N) is 1. The van der Waals surface area contributed by atoms with Gasteiger partial charge in [-0.1, -0.05) is 72.3 Å². The number of hydrazone groups is 1. The number of nitrogens with zero attached hydrogens (tertiary/aromatic N) is 3. The minimum atomic E-state index is -3.47. The Morgan fingerprint density at radius 2 is 1.50 bits per heavy atom. The van der Waals surface area contributed by atoms with Crippen LogP contribution in [-0.4, -0.2) is 49.5 Å². The van der Waals surface area contributed by atoms with Gasteiger partial charge in [0, 0.05) is 37.3 Å². The van der Waals surface area contributed by atoms with Gasteiger partial charge >= 0.3 is 0 Å². The van der Waals surface area contributed by atoms with E-state index < -0.39 is 10.0 Å². The van der Waals surface area contributed by atoms with E-state index in [4.69, 9.17) is 5.10 Å². The molecule has 0 aliphatic carbocycles. The third-order valence-corrected chi connectivity index (χ3v) is 8.07. The van der Waals surface area contributed by atoms with Crippen LogP contribution in [0, 0.1) is 6.92 Å². The Kier molecular flexibility index (Phi) is 5.55. The van der Waals surface area contributed by atoms with Gasteiger partial charge in [-0.25, -0.2) is 8.42 Å². The number of aryl methyl sites for hydroxylation is 1. The second-order valence-corrected chi connectivity index (χ2v) is 10.1. The van der Waals surface area contributed by atoms with Crippen LogP contribution in [0.1, 0.15) is 28.4 Å². The molecule has 0 bridgehead atoms. The number of fused-ring (bicyclic) bond motifs is 1. The van der Waals surface area contributed by atoms with E-state index >= 15 is 0 Å². The summed E-state index contributed by atoms with van der Waals surface area (Å²) in [5.41, 5.74) is 8.84. The molecule has 7 heteroatoms. The highest BCUT2D eigenvalue weighted by Crippen LogP contribution is 2.29. The average Bonchev–Trinajstić information content (AvgIpc) is 2.85. The molecular formula is C25H26N4O2S. The van der Waals surface area contributed by atoms with Crippen LogP contribution >= 0.6 is 0 Å². The predicted octanol–water partition coefficient (Wildman–Crippen LogP) is 3.36. The SMILES string of the molecule is Cc1ccc(C2=NNC(N3CCN(S(=O)(=O)c4ccccc4)CC3)c3ccccc32)cc1. The van der Waals surface area contributed by atoms with Gasteiger partial charge in [-0.05, 0) is 24.6 Å². The van der Waals surface area contributed by atoms with Gasteiger partial charge in [-0.2, -0.15) is 9.41 Å². The number of benzene rings is 3. The first-order valence-electron chi connectivity index (χ1n) is 10.8. The van der Waals surface area contributed by atoms with Crippen molar-refractivity contribution >= 4 is 15.7 Å². The van der Waals surface area contributed by atoms with E-state index in [0.717, 1.165) is 22.4 Å². The van der Waals surface area contributed by atoms with Crippen molar-refractivity contribution in [3.63, 3.8) is 0 Å². The van der Waals surface area contributed by atoms with Gasteiger partial charge in [-0.3, -0.25) is 10.3 Å². The monoisotopic (exact) mass is 446 g/mol. The Morgan fingerprint density at radius 1 is 0.844 bits per heavy atom. The zero-order valence-corrected chi connectivity index (χ0v) is 18.8. The predicted molar refractivity (Wildman–Crippen MR) is 126 cm³/mol. The Hall–Kier alpha value is -3.00. The average molecular weight is 447 g/mol. The number of piperazine rings is 1. The molecule has 32 heavy (non-hydrogen) atoms. The van der Waals surface area contributed by atoms with Crippen molar-refractivity contribution in [2.45, 2.75) is 18.0 Å². The lowest BCUT2D eigenvalue weighted by molar-refractivity contribution is 0.115. The third-order valence-electron chi connectivity index (χ3n) is 6.15. The van der Waals surface area contributed by atoms with Gasteiger partial charge in [0.1, 0.15) is 6.17 Å². The van der Waals surface area contributed by atoms with Gasteiger partial charge in [0.25, 0.3) is 0 Å². The first kappa shape index (κ1) is 20.9. The summed E-state index contributed by atoms with van der Waals surface area (Å²) in [4.78, 5) is 2.62. The van der Waals surface area contributed by atoms with E-state index in [9.17, 15) is 8.42 Å². The van der Waals surface area contributed by atoms with E-state index in [1.54, 1.807) is 28.6 Å². The highest BCUT2D eigenvalue weighted by molar-refractivity contribution is 7.89. The molecular weight excluding hydrogens is 420 g/mol.